The fraction of sp³-hybridized carbons (Fsp3) is 0.533. The Balaban J connectivity index is 1.73. The molecule has 2 N–H and O–H groups in total. The van der Waals surface area contributed by atoms with Crippen LogP contribution in [0.25, 0.3) is 0 Å². The Morgan fingerprint density at radius 3 is 2.95 bits per heavy atom. The van der Waals surface area contributed by atoms with Gasteiger partial charge in [-0.05, 0) is 44.4 Å². The molecule has 1 aliphatic rings. The third kappa shape index (κ3) is 3.95. The largest absolute Gasteiger partial charge is 0.491 e. The van der Waals surface area contributed by atoms with Crippen LogP contribution in [0.2, 0.25) is 0 Å². The van der Waals surface area contributed by atoms with Gasteiger partial charge >= 0.3 is 0 Å². The molecule has 1 unspecified atom stereocenters. The van der Waals surface area contributed by atoms with E-state index in [2.05, 4.69) is 18.3 Å². The Kier molecular flexibility index (Phi) is 4.41. The first kappa shape index (κ1) is 13.9. The zero-order chi connectivity index (χ0) is 13.7. The Bertz CT molecular complexity index is 463. The number of nitrogens with one attached hydrogen (secondary N) is 1. The molecule has 1 fully saturated rings. The van der Waals surface area contributed by atoms with Gasteiger partial charge < -0.3 is 15.2 Å². The number of hydrogen-bond donors (Lipinski definition) is 2. The van der Waals surface area contributed by atoms with Crippen LogP contribution in [0, 0.1) is 11.3 Å². The summed E-state index contributed by atoms with van der Waals surface area (Å²) in [7, 11) is 0. The zero-order valence-corrected chi connectivity index (χ0v) is 11.2. The van der Waals surface area contributed by atoms with E-state index in [4.69, 9.17) is 10.00 Å². The minimum Gasteiger partial charge on any atom is -0.491 e. The van der Waals surface area contributed by atoms with Crippen molar-refractivity contribution in [3.05, 3.63) is 29.8 Å². The monoisotopic (exact) mass is 260 g/mol. The van der Waals surface area contributed by atoms with E-state index in [-0.39, 0.29) is 12.1 Å². The number of aliphatic hydroxyl groups is 1. The maximum atomic E-state index is 9.87. The van der Waals surface area contributed by atoms with Crippen molar-refractivity contribution in [2.75, 3.05) is 13.2 Å². The molecule has 4 heteroatoms. The van der Waals surface area contributed by atoms with Gasteiger partial charge in [0.2, 0.25) is 0 Å². The van der Waals surface area contributed by atoms with Gasteiger partial charge in [-0.25, -0.2) is 0 Å². The van der Waals surface area contributed by atoms with Crippen molar-refractivity contribution in [3.8, 4) is 11.8 Å². The normalized spacial score (nSPS) is 18.2. The summed E-state index contributed by atoms with van der Waals surface area (Å²) in [4.78, 5) is 0. The van der Waals surface area contributed by atoms with Crippen LogP contribution in [0.4, 0.5) is 0 Å². The number of ether oxygens (including phenoxy) is 1. The fourth-order valence-corrected chi connectivity index (χ4v) is 2.15. The van der Waals surface area contributed by atoms with Crippen LogP contribution in [0.1, 0.15) is 31.7 Å². The molecule has 102 valence electrons. The summed E-state index contributed by atoms with van der Waals surface area (Å²) in [5, 5.41) is 22.0. The number of β-amino-alcohol motifs (C(OH)–C–C–N with tert-alkyl or cyclic N) is 1. The first-order chi connectivity index (χ1) is 9.11. The summed E-state index contributed by atoms with van der Waals surface area (Å²) in [6, 6.07) is 9.02. The molecular formula is C15H20N2O2. The smallest absolute Gasteiger partial charge is 0.120 e. The molecule has 2 rings (SSSR count). The average molecular weight is 260 g/mol. The molecule has 1 atom stereocenters. The Hall–Kier alpha value is -1.57. The van der Waals surface area contributed by atoms with Gasteiger partial charge in [0.1, 0.15) is 18.5 Å². The standard InChI is InChI=1S/C15H20N2O2/c1-15(6-3-7-15)17-10-13(18)11-19-14-5-2-4-12(8-14)9-16/h2,4-5,8,13,17-18H,3,6-7,10-11H2,1H3. The van der Waals surface area contributed by atoms with E-state index in [0.717, 1.165) is 0 Å². The highest BCUT2D eigenvalue weighted by Gasteiger charge is 2.31. The first-order valence-electron chi connectivity index (χ1n) is 6.67. The van der Waals surface area contributed by atoms with Crippen molar-refractivity contribution in [3.63, 3.8) is 0 Å². The maximum absolute atomic E-state index is 9.87. The molecule has 0 saturated heterocycles. The number of benzene rings is 1. The summed E-state index contributed by atoms with van der Waals surface area (Å²) < 4.78 is 5.49. The molecular weight excluding hydrogens is 240 g/mol. The van der Waals surface area contributed by atoms with E-state index in [1.807, 2.05) is 0 Å². The highest BCUT2D eigenvalue weighted by molar-refractivity contribution is 5.36. The van der Waals surface area contributed by atoms with E-state index in [0.29, 0.717) is 17.9 Å². The second-order valence-corrected chi connectivity index (χ2v) is 5.40. The molecule has 0 aliphatic heterocycles. The summed E-state index contributed by atoms with van der Waals surface area (Å²) in [6.07, 6.45) is 3.07. The molecule has 0 radical (unpaired) electrons. The molecule has 0 spiro atoms. The minimum atomic E-state index is -0.539. The van der Waals surface area contributed by atoms with E-state index in [9.17, 15) is 5.11 Å². The molecule has 1 aromatic rings. The molecule has 1 saturated carbocycles. The van der Waals surface area contributed by atoms with E-state index < -0.39 is 6.10 Å². The molecule has 0 bridgehead atoms. The Labute approximate surface area is 114 Å². The van der Waals surface area contributed by atoms with E-state index in [1.165, 1.54) is 19.3 Å². The lowest BCUT2D eigenvalue weighted by atomic mass is 9.78. The highest BCUT2D eigenvalue weighted by Crippen LogP contribution is 2.30. The third-order valence-corrected chi connectivity index (χ3v) is 3.63. The van der Waals surface area contributed by atoms with E-state index in [1.54, 1.807) is 24.3 Å². The third-order valence-electron chi connectivity index (χ3n) is 3.63. The van der Waals surface area contributed by atoms with Crippen LogP contribution in [0.5, 0.6) is 5.75 Å². The van der Waals surface area contributed by atoms with Crippen molar-refractivity contribution >= 4 is 0 Å². The van der Waals surface area contributed by atoms with Crippen molar-refractivity contribution in [2.45, 2.75) is 37.8 Å². The summed E-state index contributed by atoms with van der Waals surface area (Å²) >= 11 is 0. The van der Waals surface area contributed by atoms with Gasteiger partial charge in [0.25, 0.3) is 0 Å². The summed E-state index contributed by atoms with van der Waals surface area (Å²) in [6.45, 7) is 2.95. The van der Waals surface area contributed by atoms with Crippen molar-refractivity contribution in [1.29, 1.82) is 5.26 Å². The molecule has 4 nitrogen and oxygen atoms in total. The van der Waals surface area contributed by atoms with Crippen LogP contribution >= 0.6 is 0 Å². The molecule has 1 aliphatic carbocycles. The van der Waals surface area contributed by atoms with E-state index >= 15 is 0 Å². The van der Waals surface area contributed by atoms with Crippen LogP contribution < -0.4 is 10.1 Å². The topological polar surface area (TPSA) is 65.3 Å². The summed E-state index contributed by atoms with van der Waals surface area (Å²) in [5.74, 6) is 0.618. The van der Waals surface area contributed by atoms with Gasteiger partial charge in [0.15, 0.2) is 0 Å². The van der Waals surface area contributed by atoms with Crippen LogP contribution in [-0.2, 0) is 0 Å². The predicted octanol–water partition coefficient (Wildman–Crippen LogP) is 1.83. The maximum Gasteiger partial charge on any atom is 0.120 e. The quantitative estimate of drug-likeness (QED) is 0.819. The van der Waals surface area contributed by atoms with Crippen LogP contribution in [-0.4, -0.2) is 29.9 Å². The van der Waals surface area contributed by atoms with Gasteiger partial charge in [0, 0.05) is 12.1 Å². The Morgan fingerprint density at radius 2 is 2.32 bits per heavy atom. The molecule has 19 heavy (non-hydrogen) atoms. The SMILES string of the molecule is CC1(NCC(O)COc2cccc(C#N)c2)CCC1. The van der Waals surface area contributed by atoms with Gasteiger partial charge in [-0.2, -0.15) is 5.26 Å². The predicted molar refractivity (Wildman–Crippen MR) is 72.9 cm³/mol. The lowest BCUT2D eigenvalue weighted by molar-refractivity contribution is 0.0868. The number of rotatable bonds is 6. The molecule has 0 heterocycles. The van der Waals surface area contributed by atoms with Crippen LogP contribution in [0.3, 0.4) is 0 Å². The minimum absolute atomic E-state index is 0.196. The second-order valence-electron chi connectivity index (χ2n) is 5.40. The highest BCUT2D eigenvalue weighted by atomic mass is 16.5. The van der Waals surface area contributed by atoms with Crippen molar-refractivity contribution < 1.29 is 9.84 Å². The molecule has 0 amide bonds. The second kappa shape index (κ2) is 6.05. The first-order valence-corrected chi connectivity index (χ1v) is 6.67. The van der Waals surface area contributed by atoms with Gasteiger partial charge in [-0.3, -0.25) is 0 Å². The Morgan fingerprint density at radius 1 is 1.53 bits per heavy atom. The average Bonchev–Trinajstić information content (AvgIpc) is 2.41. The lowest BCUT2D eigenvalue weighted by Crippen LogP contribution is -2.51. The molecule has 0 aromatic heterocycles. The number of nitriles is 1. The zero-order valence-electron chi connectivity index (χ0n) is 11.2. The fourth-order valence-electron chi connectivity index (χ4n) is 2.15. The van der Waals surface area contributed by atoms with Gasteiger partial charge in [-0.1, -0.05) is 6.07 Å². The number of aliphatic hydroxyl groups excluding tert-OH is 1. The van der Waals surface area contributed by atoms with Crippen LogP contribution in [0.15, 0.2) is 24.3 Å². The number of hydrogen-bond acceptors (Lipinski definition) is 4. The van der Waals surface area contributed by atoms with Gasteiger partial charge in [-0.15, -0.1) is 0 Å². The summed E-state index contributed by atoms with van der Waals surface area (Å²) in [5.41, 5.74) is 0.758. The van der Waals surface area contributed by atoms with Gasteiger partial charge in [0.05, 0.1) is 11.6 Å². The van der Waals surface area contributed by atoms with Crippen molar-refractivity contribution in [2.24, 2.45) is 0 Å². The lowest BCUT2D eigenvalue weighted by Gasteiger charge is -2.40. The number of nitrogens with zero attached hydrogens (tertiary/aromatic N) is 1. The van der Waals surface area contributed by atoms with Crippen molar-refractivity contribution in [1.82, 2.24) is 5.32 Å². The molecule has 1 aromatic carbocycles.